The number of nitrogens with zero attached hydrogens (tertiary/aromatic N) is 2. The molecule has 0 aromatic carbocycles. The molecule has 0 aliphatic rings. The fourth-order valence-electron chi connectivity index (χ4n) is 1.05. The zero-order valence-electron chi connectivity index (χ0n) is 8.53. The van der Waals surface area contributed by atoms with Gasteiger partial charge in [0, 0.05) is 0 Å². The van der Waals surface area contributed by atoms with Gasteiger partial charge in [-0.25, -0.2) is 0 Å². The second-order valence-corrected chi connectivity index (χ2v) is 3.01. The van der Waals surface area contributed by atoms with Crippen molar-refractivity contribution in [2.24, 2.45) is 27.8 Å². The maximum Gasteiger partial charge on any atom is 0.436 e. The Morgan fingerprint density at radius 1 is 0.737 bits per heavy atom. The highest BCUT2D eigenvalue weighted by atomic mass is 19.4. The van der Waals surface area contributed by atoms with Crippen molar-refractivity contribution in [2.75, 3.05) is 0 Å². The third kappa shape index (κ3) is 4.17. The lowest BCUT2D eigenvalue weighted by molar-refractivity contribution is -0.260. The molecule has 0 aliphatic carbocycles. The molecule has 4 nitrogen and oxygen atoms in total. The van der Waals surface area contributed by atoms with E-state index in [0.29, 0.717) is 0 Å². The largest absolute Gasteiger partial charge is 0.436 e. The first-order valence-corrected chi connectivity index (χ1v) is 4.03. The van der Waals surface area contributed by atoms with Crippen LogP contribution in [0.4, 0.5) is 39.5 Å². The van der Waals surface area contributed by atoms with Crippen LogP contribution in [0, 0.1) is 5.92 Å². The second kappa shape index (κ2) is 5.13. The van der Waals surface area contributed by atoms with Gasteiger partial charge in [0.15, 0.2) is 11.6 Å². The fourth-order valence-corrected chi connectivity index (χ4v) is 1.05. The molecule has 0 saturated heterocycles. The lowest BCUT2D eigenvalue weighted by Crippen LogP contribution is -2.49. The minimum absolute atomic E-state index is 1.86. The normalized spacial score (nSPS) is 16.1. The van der Waals surface area contributed by atoms with Crippen LogP contribution >= 0.6 is 0 Å². The Morgan fingerprint density at radius 3 is 1.26 bits per heavy atom. The molecule has 0 saturated carbocycles. The Balaban J connectivity index is 5.95. The molecule has 0 aliphatic heterocycles. The number of hydrogen-bond donors (Lipinski definition) is 2. The Hall–Kier alpha value is -1.69. The Labute approximate surface area is 98.5 Å². The monoisotopic (exact) mass is 304 g/mol. The summed E-state index contributed by atoms with van der Waals surface area (Å²) in [5.74, 6) is 3.80. The van der Waals surface area contributed by atoms with Crippen LogP contribution in [0.15, 0.2) is 10.2 Å². The molecule has 13 heteroatoms. The SMILES string of the molecule is N/N=C(/C(=N/N)C(C(F)(F)F)C(F)(F)F)C(F)(F)F. The van der Waals surface area contributed by atoms with Crippen LogP contribution in [0.3, 0.4) is 0 Å². The average Bonchev–Trinajstić information content (AvgIpc) is 2.10. The van der Waals surface area contributed by atoms with E-state index in [1.54, 1.807) is 0 Å². The van der Waals surface area contributed by atoms with E-state index in [2.05, 4.69) is 11.7 Å². The number of halogens is 9. The maximum atomic E-state index is 12.2. The Bertz CT molecular complexity index is 360. The van der Waals surface area contributed by atoms with Crippen molar-refractivity contribution in [1.29, 1.82) is 0 Å². The summed E-state index contributed by atoms with van der Waals surface area (Å²) in [6.07, 6.45) is -17.9. The highest BCUT2D eigenvalue weighted by Crippen LogP contribution is 2.41. The molecule has 0 amide bonds. The van der Waals surface area contributed by atoms with Gasteiger partial charge < -0.3 is 11.7 Å². The summed E-state index contributed by atoms with van der Waals surface area (Å²) in [6, 6.07) is 0. The predicted octanol–water partition coefficient (Wildman–Crippen LogP) is 1.92. The van der Waals surface area contributed by atoms with Gasteiger partial charge in [-0.2, -0.15) is 49.7 Å². The van der Waals surface area contributed by atoms with Crippen molar-refractivity contribution < 1.29 is 39.5 Å². The van der Waals surface area contributed by atoms with Gasteiger partial charge in [0.2, 0.25) is 0 Å². The van der Waals surface area contributed by atoms with Gasteiger partial charge in [-0.15, -0.1) is 0 Å². The molecular weight excluding hydrogens is 299 g/mol. The van der Waals surface area contributed by atoms with Crippen molar-refractivity contribution in [3.05, 3.63) is 0 Å². The van der Waals surface area contributed by atoms with Crippen LogP contribution in [0.5, 0.6) is 0 Å². The topological polar surface area (TPSA) is 76.8 Å². The molecule has 0 bridgehead atoms. The predicted molar refractivity (Wildman–Crippen MR) is 44.9 cm³/mol. The van der Waals surface area contributed by atoms with Gasteiger partial charge in [0.05, 0.1) is 0 Å². The van der Waals surface area contributed by atoms with E-state index in [-0.39, 0.29) is 0 Å². The number of rotatable bonds is 2. The molecule has 0 rings (SSSR count). The molecule has 0 atom stereocenters. The minimum Gasteiger partial charge on any atom is -0.323 e. The van der Waals surface area contributed by atoms with Crippen molar-refractivity contribution in [3.63, 3.8) is 0 Å². The van der Waals surface area contributed by atoms with Gasteiger partial charge >= 0.3 is 18.5 Å². The number of hydrazone groups is 2. The fraction of sp³-hybridized carbons (Fsp3) is 0.667. The van der Waals surface area contributed by atoms with Crippen LogP contribution in [0.1, 0.15) is 0 Å². The first kappa shape index (κ1) is 17.3. The second-order valence-electron chi connectivity index (χ2n) is 3.01. The molecule has 0 radical (unpaired) electrons. The lowest BCUT2D eigenvalue weighted by atomic mass is 9.97. The van der Waals surface area contributed by atoms with Gasteiger partial charge in [0.25, 0.3) is 0 Å². The lowest BCUT2D eigenvalue weighted by Gasteiger charge is -2.24. The van der Waals surface area contributed by atoms with Crippen molar-refractivity contribution in [1.82, 2.24) is 0 Å². The van der Waals surface area contributed by atoms with Crippen molar-refractivity contribution in [3.8, 4) is 0 Å². The highest BCUT2D eigenvalue weighted by molar-refractivity contribution is 6.45. The summed E-state index contributed by atoms with van der Waals surface area (Å²) in [5, 5.41) is 3.76. The Morgan fingerprint density at radius 2 is 1.11 bits per heavy atom. The third-order valence-corrected chi connectivity index (χ3v) is 1.71. The van der Waals surface area contributed by atoms with E-state index in [1.807, 2.05) is 10.2 Å². The summed E-state index contributed by atoms with van der Waals surface area (Å²) in [5.41, 5.74) is -5.22. The molecule has 0 aromatic rings. The van der Waals surface area contributed by atoms with E-state index in [1.165, 1.54) is 0 Å². The number of alkyl halides is 9. The summed E-state index contributed by atoms with van der Waals surface area (Å²) in [7, 11) is 0. The average molecular weight is 304 g/mol. The first-order valence-electron chi connectivity index (χ1n) is 4.03. The number of hydrogen-bond acceptors (Lipinski definition) is 4. The summed E-state index contributed by atoms with van der Waals surface area (Å²) in [4.78, 5) is 0. The number of nitrogens with two attached hydrogens (primary N) is 2. The molecule has 112 valence electrons. The quantitative estimate of drug-likeness (QED) is 0.354. The van der Waals surface area contributed by atoms with E-state index in [9.17, 15) is 39.5 Å². The molecule has 0 unspecified atom stereocenters. The summed E-state index contributed by atoms with van der Waals surface area (Å²) < 4.78 is 110. The summed E-state index contributed by atoms with van der Waals surface area (Å²) in [6.45, 7) is 0. The van der Waals surface area contributed by atoms with E-state index in [4.69, 9.17) is 0 Å². The first-order chi connectivity index (χ1) is 8.26. The highest BCUT2D eigenvalue weighted by Gasteiger charge is 2.62. The van der Waals surface area contributed by atoms with E-state index in [0.717, 1.165) is 0 Å². The van der Waals surface area contributed by atoms with Crippen LogP contribution in [0.2, 0.25) is 0 Å². The van der Waals surface area contributed by atoms with Crippen LogP contribution in [0.25, 0.3) is 0 Å². The molecule has 4 N–H and O–H groups in total. The van der Waals surface area contributed by atoms with Crippen molar-refractivity contribution in [2.45, 2.75) is 18.5 Å². The smallest absolute Gasteiger partial charge is 0.323 e. The third-order valence-electron chi connectivity index (χ3n) is 1.71. The van der Waals surface area contributed by atoms with Crippen LogP contribution < -0.4 is 11.7 Å². The standard InChI is InChI=1S/C6H5F9N4/c7-4(8,9)2(5(10,11)12)1(18-16)3(19-17)6(13,14)15/h2H,16-17H2/b18-1+,19-3-. The molecular formula is C6H5F9N4. The van der Waals surface area contributed by atoms with E-state index < -0.39 is 35.9 Å². The van der Waals surface area contributed by atoms with Crippen LogP contribution in [-0.4, -0.2) is 30.0 Å². The van der Waals surface area contributed by atoms with Crippen LogP contribution in [-0.2, 0) is 0 Å². The molecule has 19 heavy (non-hydrogen) atoms. The molecule has 0 heterocycles. The van der Waals surface area contributed by atoms with Gasteiger partial charge in [-0.3, -0.25) is 0 Å². The van der Waals surface area contributed by atoms with Gasteiger partial charge in [-0.1, -0.05) is 0 Å². The van der Waals surface area contributed by atoms with Gasteiger partial charge in [0.1, 0.15) is 5.71 Å². The zero-order chi connectivity index (χ0) is 15.6. The molecule has 0 fully saturated rings. The Kier molecular flexibility index (Phi) is 4.67. The molecule has 0 aromatic heterocycles. The van der Waals surface area contributed by atoms with Crippen molar-refractivity contribution >= 4 is 11.4 Å². The minimum atomic E-state index is -6.10. The summed E-state index contributed by atoms with van der Waals surface area (Å²) >= 11 is 0. The van der Waals surface area contributed by atoms with E-state index >= 15 is 0 Å². The zero-order valence-corrected chi connectivity index (χ0v) is 8.53. The van der Waals surface area contributed by atoms with Gasteiger partial charge in [-0.05, 0) is 0 Å². The molecule has 0 spiro atoms. The maximum absolute atomic E-state index is 12.2.